The quantitative estimate of drug-likeness (QED) is 0.904. The highest BCUT2D eigenvalue weighted by Crippen LogP contribution is 2.25. The highest BCUT2D eigenvalue weighted by atomic mass is 35.5. The molecule has 5 nitrogen and oxygen atoms in total. The van der Waals surface area contributed by atoms with Crippen molar-refractivity contribution in [1.29, 1.82) is 0 Å². The lowest BCUT2D eigenvalue weighted by Gasteiger charge is -2.09. The van der Waals surface area contributed by atoms with Crippen LogP contribution in [0, 0.1) is 0 Å². The largest absolute Gasteiger partial charge is 0.381 e. The predicted octanol–water partition coefficient (Wildman–Crippen LogP) is 2.64. The van der Waals surface area contributed by atoms with E-state index in [2.05, 4.69) is 15.7 Å². The van der Waals surface area contributed by atoms with Gasteiger partial charge in [0.15, 0.2) is 0 Å². The van der Waals surface area contributed by atoms with Crippen LogP contribution in [0.4, 0.5) is 11.4 Å². The van der Waals surface area contributed by atoms with Crippen molar-refractivity contribution in [2.75, 3.05) is 10.6 Å². The number of hydrogen-bond acceptors (Lipinski definition) is 3. The average molecular weight is 279 g/mol. The van der Waals surface area contributed by atoms with Crippen LogP contribution >= 0.6 is 11.6 Å². The number of anilines is 2. The van der Waals surface area contributed by atoms with E-state index in [-0.39, 0.29) is 5.91 Å². The van der Waals surface area contributed by atoms with E-state index in [9.17, 15) is 4.79 Å². The zero-order valence-corrected chi connectivity index (χ0v) is 11.5. The van der Waals surface area contributed by atoms with Crippen LogP contribution in [-0.2, 0) is 18.4 Å². The summed E-state index contributed by atoms with van der Waals surface area (Å²) in [6.45, 7) is 2.12. The van der Waals surface area contributed by atoms with Crippen LogP contribution in [0.15, 0.2) is 30.6 Å². The van der Waals surface area contributed by atoms with E-state index < -0.39 is 0 Å². The minimum absolute atomic E-state index is 0.141. The van der Waals surface area contributed by atoms with Crippen LogP contribution in [0.2, 0.25) is 5.02 Å². The second-order valence-corrected chi connectivity index (χ2v) is 4.66. The zero-order chi connectivity index (χ0) is 13.8. The third kappa shape index (κ3) is 3.72. The third-order valence-corrected chi connectivity index (χ3v) is 2.85. The van der Waals surface area contributed by atoms with Gasteiger partial charge in [-0.3, -0.25) is 9.48 Å². The standard InChI is InChI=1S/C13H15ClN4O/c1-9(19)17-13-4-3-11(5-12(13)14)15-6-10-7-16-18(2)8-10/h3-5,7-8,15H,6H2,1-2H3,(H,17,19). The second kappa shape index (κ2) is 5.75. The number of aromatic nitrogens is 2. The van der Waals surface area contributed by atoms with E-state index in [0.29, 0.717) is 17.3 Å². The van der Waals surface area contributed by atoms with Crippen molar-refractivity contribution >= 4 is 28.9 Å². The molecular weight excluding hydrogens is 264 g/mol. The lowest BCUT2D eigenvalue weighted by atomic mass is 10.2. The minimum Gasteiger partial charge on any atom is -0.381 e. The molecule has 19 heavy (non-hydrogen) atoms. The van der Waals surface area contributed by atoms with Crippen molar-refractivity contribution < 1.29 is 4.79 Å². The van der Waals surface area contributed by atoms with Gasteiger partial charge in [-0.05, 0) is 18.2 Å². The van der Waals surface area contributed by atoms with Crippen molar-refractivity contribution in [2.45, 2.75) is 13.5 Å². The Morgan fingerprint density at radius 2 is 2.26 bits per heavy atom. The number of benzene rings is 1. The molecule has 0 radical (unpaired) electrons. The van der Waals surface area contributed by atoms with Crippen LogP contribution in [0.3, 0.4) is 0 Å². The van der Waals surface area contributed by atoms with Gasteiger partial charge in [0.05, 0.1) is 16.9 Å². The molecule has 0 saturated carbocycles. The van der Waals surface area contributed by atoms with Gasteiger partial charge in [0.2, 0.25) is 5.91 Å². The predicted molar refractivity (Wildman–Crippen MR) is 76.3 cm³/mol. The van der Waals surface area contributed by atoms with E-state index in [0.717, 1.165) is 11.3 Å². The maximum absolute atomic E-state index is 11.0. The van der Waals surface area contributed by atoms with Gasteiger partial charge in [0, 0.05) is 38.0 Å². The Balaban J connectivity index is 2.01. The van der Waals surface area contributed by atoms with Crippen LogP contribution in [0.25, 0.3) is 0 Å². The first-order chi connectivity index (χ1) is 9.04. The van der Waals surface area contributed by atoms with Gasteiger partial charge in [-0.1, -0.05) is 11.6 Å². The van der Waals surface area contributed by atoms with Gasteiger partial charge in [0.25, 0.3) is 0 Å². The third-order valence-electron chi connectivity index (χ3n) is 2.53. The molecule has 0 aliphatic rings. The molecule has 0 unspecified atom stereocenters. The molecule has 6 heteroatoms. The molecule has 0 spiro atoms. The molecule has 0 atom stereocenters. The summed E-state index contributed by atoms with van der Waals surface area (Å²) in [4.78, 5) is 11.0. The number of amides is 1. The second-order valence-electron chi connectivity index (χ2n) is 4.25. The van der Waals surface area contributed by atoms with Gasteiger partial charge in [-0.2, -0.15) is 5.10 Å². The lowest BCUT2D eigenvalue weighted by Crippen LogP contribution is -2.06. The number of nitrogens with zero attached hydrogens (tertiary/aromatic N) is 2. The van der Waals surface area contributed by atoms with Gasteiger partial charge in [-0.15, -0.1) is 0 Å². The number of aryl methyl sites for hydroxylation is 1. The first-order valence-corrected chi connectivity index (χ1v) is 6.21. The van der Waals surface area contributed by atoms with Crippen LogP contribution in [0.5, 0.6) is 0 Å². The van der Waals surface area contributed by atoms with E-state index in [1.54, 1.807) is 23.0 Å². The molecule has 0 saturated heterocycles. The summed E-state index contributed by atoms with van der Waals surface area (Å²) >= 11 is 6.09. The number of carbonyl (C=O) groups excluding carboxylic acids is 1. The highest BCUT2D eigenvalue weighted by molar-refractivity contribution is 6.34. The Morgan fingerprint density at radius 1 is 1.47 bits per heavy atom. The molecule has 0 fully saturated rings. The molecule has 1 aromatic heterocycles. The smallest absolute Gasteiger partial charge is 0.221 e. The van der Waals surface area contributed by atoms with Gasteiger partial charge in [-0.25, -0.2) is 0 Å². The summed E-state index contributed by atoms with van der Waals surface area (Å²) in [6, 6.07) is 5.42. The molecule has 1 heterocycles. The fourth-order valence-corrected chi connectivity index (χ4v) is 1.91. The normalized spacial score (nSPS) is 10.3. The highest BCUT2D eigenvalue weighted by Gasteiger charge is 2.03. The average Bonchev–Trinajstić information content (AvgIpc) is 2.75. The van der Waals surface area contributed by atoms with E-state index in [1.807, 2.05) is 19.3 Å². The number of hydrogen-bond donors (Lipinski definition) is 2. The SMILES string of the molecule is CC(=O)Nc1ccc(NCc2cnn(C)c2)cc1Cl. The molecule has 2 rings (SSSR count). The van der Waals surface area contributed by atoms with Crippen LogP contribution in [-0.4, -0.2) is 15.7 Å². The molecule has 1 aromatic carbocycles. The van der Waals surface area contributed by atoms with Crippen molar-refractivity contribution in [2.24, 2.45) is 7.05 Å². The molecule has 1 amide bonds. The summed E-state index contributed by atoms with van der Waals surface area (Å²) in [7, 11) is 1.88. The number of rotatable bonds is 4. The molecule has 0 bridgehead atoms. The Hall–Kier alpha value is -2.01. The number of carbonyl (C=O) groups is 1. The summed E-state index contributed by atoms with van der Waals surface area (Å²) in [6.07, 6.45) is 3.75. The molecule has 100 valence electrons. The minimum atomic E-state index is -0.141. The summed E-state index contributed by atoms with van der Waals surface area (Å²) in [5.41, 5.74) is 2.59. The molecule has 0 aliphatic carbocycles. The lowest BCUT2D eigenvalue weighted by molar-refractivity contribution is -0.114. The maximum atomic E-state index is 11.0. The van der Waals surface area contributed by atoms with Crippen LogP contribution in [0.1, 0.15) is 12.5 Å². The molecule has 0 aliphatic heterocycles. The van der Waals surface area contributed by atoms with E-state index in [1.165, 1.54) is 6.92 Å². The zero-order valence-electron chi connectivity index (χ0n) is 10.8. The summed E-state index contributed by atoms with van der Waals surface area (Å²) in [5.74, 6) is -0.141. The van der Waals surface area contributed by atoms with Gasteiger partial charge < -0.3 is 10.6 Å². The first-order valence-electron chi connectivity index (χ1n) is 5.83. The fourth-order valence-electron chi connectivity index (χ4n) is 1.68. The Labute approximate surface area is 116 Å². The summed E-state index contributed by atoms with van der Waals surface area (Å²) < 4.78 is 1.75. The van der Waals surface area contributed by atoms with Crippen LogP contribution < -0.4 is 10.6 Å². The molecule has 2 aromatic rings. The molecular formula is C13H15ClN4O. The maximum Gasteiger partial charge on any atom is 0.221 e. The van der Waals surface area contributed by atoms with Crippen molar-refractivity contribution in [1.82, 2.24) is 9.78 Å². The monoisotopic (exact) mass is 278 g/mol. The van der Waals surface area contributed by atoms with Crippen molar-refractivity contribution in [3.63, 3.8) is 0 Å². The Kier molecular flexibility index (Phi) is 4.06. The topological polar surface area (TPSA) is 59.0 Å². The van der Waals surface area contributed by atoms with Gasteiger partial charge in [0.1, 0.15) is 0 Å². The van der Waals surface area contributed by atoms with Gasteiger partial charge >= 0.3 is 0 Å². The Bertz CT molecular complexity index is 594. The number of nitrogens with one attached hydrogen (secondary N) is 2. The van der Waals surface area contributed by atoms with Crippen molar-refractivity contribution in [3.05, 3.63) is 41.2 Å². The molecule has 2 N–H and O–H groups in total. The summed E-state index contributed by atoms with van der Waals surface area (Å²) in [5, 5.41) is 10.5. The van der Waals surface area contributed by atoms with E-state index in [4.69, 9.17) is 11.6 Å². The number of halogens is 1. The Morgan fingerprint density at radius 3 is 2.84 bits per heavy atom. The first kappa shape index (κ1) is 13.4. The van der Waals surface area contributed by atoms with E-state index >= 15 is 0 Å². The van der Waals surface area contributed by atoms with Crippen molar-refractivity contribution in [3.8, 4) is 0 Å². The fraction of sp³-hybridized carbons (Fsp3) is 0.231.